The number of benzene rings is 1. The van der Waals surface area contributed by atoms with Crippen molar-refractivity contribution < 1.29 is 14.0 Å². The number of hydrogen-bond donors (Lipinski definition) is 1. The van der Waals surface area contributed by atoms with Crippen LogP contribution in [0.15, 0.2) is 47.1 Å². The molecular formula is C18H20N2O3. The number of nitrogens with zero attached hydrogens (tertiary/aromatic N) is 1. The second-order valence-electron chi connectivity index (χ2n) is 5.34. The standard InChI is InChI=1S/C18H20N2O3/c1-13-6-4-8-16(14(13)2)19-17(21)12-20(3)18(22)10-9-15-7-5-11-23-15/h4-11H,12H2,1-3H3,(H,19,21)/b10-9+. The molecular weight excluding hydrogens is 292 g/mol. The summed E-state index contributed by atoms with van der Waals surface area (Å²) in [5.74, 6) is 0.0880. The molecule has 0 aliphatic rings. The van der Waals surface area contributed by atoms with Crippen LogP contribution >= 0.6 is 0 Å². The van der Waals surface area contributed by atoms with E-state index in [2.05, 4.69) is 5.32 Å². The van der Waals surface area contributed by atoms with Crippen LogP contribution in [0.1, 0.15) is 16.9 Å². The van der Waals surface area contributed by atoms with Crippen LogP contribution in [-0.2, 0) is 9.59 Å². The van der Waals surface area contributed by atoms with Crippen molar-refractivity contribution in [3.05, 3.63) is 59.6 Å². The summed E-state index contributed by atoms with van der Waals surface area (Å²) in [4.78, 5) is 25.4. The predicted octanol–water partition coefficient (Wildman–Crippen LogP) is 3.01. The lowest BCUT2D eigenvalue weighted by molar-refractivity contribution is -0.129. The van der Waals surface area contributed by atoms with Gasteiger partial charge in [0.15, 0.2) is 0 Å². The van der Waals surface area contributed by atoms with Crippen molar-refractivity contribution in [1.82, 2.24) is 4.90 Å². The van der Waals surface area contributed by atoms with Gasteiger partial charge in [-0.05, 0) is 49.2 Å². The Kier molecular flexibility index (Phi) is 5.36. The number of anilines is 1. The fourth-order valence-electron chi connectivity index (χ4n) is 2.04. The van der Waals surface area contributed by atoms with Crippen LogP contribution in [0.25, 0.3) is 6.08 Å². The predicted molar refractivity (Wildman–Crippen MR) is 89.9 cm³/mol. The van der Waals surface area contributed by atoms with E-state index in [0.29, 0.717) is 5.76 Å². The molecule has 1 N–H and O–H groups in total. The van der Waals surface area contributed by atoms with Gasteiger partial charge in [0.1, 0.15) is 5.76 Å². The molecule has 2 aromatic rings. The Morgan fingerprint density at radius 1 is 1.22 bits per heavy atom. The molecule has 0 bridgehead atoms. The number of rotatable bonds is 5. The molecule has 5 heteroatoms. The fraction of sp³-hybridized carbons (Fsp3) is 0.222. The highest BCUT2D eigenvalue weighted by atomic mass is 16.3. The molecule has 2 rings (SSSR count). The van der Waals surface area contributed by atoms with Crippen LogP contribution in [0.2, 0.25) is 0 Å². The Morgan fingerprint density at radius 2 is 2.00 bits per heavy atom. The van der Waals surface area contributed by atoms with Crippen molar-refractivity contribution in [2.45, 2.75) is 13.8 Å². The van der Waals surface area contributed by atoms with Gasteiger partial charge in [0.2, 0.25) is 11.8 Å². The first-order chi connectivity index (χ1) is 11.0. The molecule has 0 radical (unpaired) electrons. The number of nitrogens with one attached hydrogen (secondary N) is 1. The van der Waals surface area contributed by atoms with Gasteiger partial charge in [-0.1, -0.05) is 12.1 Å². The Balaban J connectivity index is 1.91. The zero-order valence-electron chi connectivity index (χ0n) is 13.5. The van der Waals surface area contributed by atoms with Gasteiger partial charge in [0, 0.05) is 18.8 Å². The Labute approximate surface area is 135 Å². The van der Waals surface area contributed by atoms with Crippen molar-refractivity contribution in [3.8, 4) is 0 Å². The van der Waals surface area contributed by atoms with Gasteiger partial charge in [-0.25, -0.2) is 0 Å². The van der Waals surface area contributed by atoms with E-state index in [0.717, 1.165) is 16.8 Å². The molecule has 1 heterocycles. The minimum Gasteiger partial charge on any atom is -0.465 e. The maximum atomic E-state index is 12.1. The highest BCUT2D eigenvalue weighted by molar-refractivity contribution is 5.98. The lowest BCUT2D eigenvalue weighted by Gasteiger charge is -2.16. The molecule has 5 nitrogen and oxygen atoms in total. The molecule has 2 amide bonds. The minimum atomic E-state index is -0.266. The first-order valence-corrected chi connectivity index (χ1v) is 7.30. The van der Waals surface area contributed by atoms with E-state index in [4.69, 9.17) is 4.42 Å². The van der Waals surface area contributed by atoms with Crippen molar-refractivity contribution in [2.24, 2.45) is 0 Å². The smallest absolute Gasteiger partial charge is 0.246 e. The van der Waals surface area contributed by atoms with Gasteiger partial charge in [-0.2, -0.15) is 0 Å². The third kappa shape index (κ3) is 4.57. The maximum Gasteiger partial charge on any atom is 0.246 e. The van der Waals surface area contributed by atoms with E-state index in [-0.39, 0.29) is 18.4 Å². The average molecular weight is 312 g/mol. The SMILES string of the molecule is Cc1cccc(NC(=O)CN(C)C(=O)/C=C/c2ccco2)c1C. The summed E-state index contributed by atoms with van der Waals surface area (Å²) in [5.41, 5.74) is 2.89. The number of likely N-dealkylation sites (N-methyl/N-ethyl adjacent to an activating group) is 1. The summed E-state index contributed by atoms with van der Waals surface area (Å²) in [7, 11) is 1.58. The number of aryl methyl sites for hydroxylation is 1. The third-order valence-corrected chi connectivity index (χ3v) is 3.57. The number of hydrogen-bond acceptors (Lipinski definition) is 3. The summed E-state index contributed by atoms with van der Waals surface area (Å²) in [6, 6.07) is 9.21. The van der Waals surface area contributed by atoms with Crippen LogP contribution in [-0.4, -0.2) is 30.3 Å². The van der Waals surface area contributed by atoms with E-state index in [1.165, 1.54) is 17.2 Å². The molecule has 120 valence electrons. The molecule has 0 atom stereocenters. The second-order valence-corrected chi connectivity index (χ2v) is 5.34. The van der Waals surface area contributed by atoms with Crippen molar-refractivity contribution >= 4 is 23.6 Å². The monoisotopic (exact) mass is 312 g/mol. The Morgan fingerprint density at radius 3 is 2.70 bits per heavy atom. The zero-order valence-corrected chi connectivity index (χ0v) is 13.5. The van der Waals surface area contributed by atoms with Crippen molar-refractivity contribution in [1.29, 1.82) is 0 Å². The normalized spacial score (nSPS) is 10.7. The molecule has 0 aliphatic heterocycles. The van der Waals surface area contributed by atoms with E-state index in [1.54, 1.807) is 25.3 Å². The molecule has 0 saturated carbocycles. The topological polar surface area (TPSA) is 62.6 Å². The van der Waals surface area contributed by atoms with Crippen LogP contribution < -0.4 is 5.32 Å². The molecule has 1 aromatic heterocycles. The summed E-state index contributed by atoms with van der Waals surface area (Å²) in [6.07, 6.45) is 4.48. The summed E-state index contributed by atoms with van der Waals surface area (Å²) in [6.45, 7) is 3.92. The van der Waals surface area contributed by atoms with Gasteiger partial charge >= 0.3 is 0 Å². The van der Waals surface area contributed by atoms with E-state index in [9.17, 15) is 9.59 Å². The average Bonchev–Trinajstić information content (AvgIpc) is 3.02. The number of furan rings is 1. The van der Waals surface area contributed by atoms with Gasteiger partial charge in [0.25, 0.3) is 0 Å². The second kappa shape index (κ2) is 7.45. The molecule has 0 saturated heterocycles. The highest BCUT2D eigenvalue weighted by Gasteiger charge is 2.12. The van der Waals surface area contributed by atoms with Gasteiger partial charge in [-0.15, -0.1) is 0 Å². The first-order valence-electron chi connectivity index (χ1n) is 7.30. The Hall–Kier alpha value is -2.82. The van der Waals surface area contributed by atoms with E-state index in [1.807, 2.05) is 32.0 Å². The lowest BCUT2D eigenvalue weighted by atomic mass is 10.1. The fourth-order valence-corrected chi connectivity index (χ4v) is 2.04. The van der Waals surface area contributed by atoms with E-state index >= 15 is 0 Å². The van der Waals surface area contributed by atoms with E-state index < -0.39 is 0 Å². The summed E-state index contributed by atoms with van der Waals surface area (Å²) >= 11 is 0. The molecule has 0 spiro atoms. The van der Waals surface area contributed by atoms with Crippen LogP contribution in [0.4, 0.5) is 5.69 Å². The largest absolute Gasteiger partial charge is 0.465 e. The molecule has 0 unspecified atom stereocenters. The lowest BCUT2D eigenvalue weighted by Crippen LogP contribution is -2.34. The van der Waals surface area contributed by atoms with Crippen LogP contribution in [0, 0.1) is 13.8 Å². The van der Waals surface area contributed by atoms with Gasteiger partial charge in [-0.3, -0.25) is 9.59 Å². The summed E-state index contributed by atoms with van der Waals surface area (Å²) < 4.78 is 5.11. The quantitative estimate of drug-likeness (QED) is 0.863. The molecule has 1 aromatic carbocycles. The van der Waals surface area contributed by atoms with Gasteiger partial charge in [0.05, 0.1) is 12.8 Å². The van der Waals surface area contributed by atoms with Crippen LogP contribution in [0.3, 0.4) is 0 Å². The number of carbonyl (C=O) groups is 2. The van der Waals surface area contributed by atoms with Gasteiger partial charge < -0.3 is 14.6 Å². The third-order valence-electron chi connectivity index (χ3n) is 3.57. The van der Waals surface area contributed by atoms with Crippen molar-refractivity contribution in [2.75, 3.05) is 18.9 Å². The molecule has 23 heavy (non-hydrogen) atoms. The molecule has 0 fully saturated rings. The first kappa shape index (κ1) is 16.5. The molecule has 0 aliphatic carbocycles. The number of carbonyl (C=O) groups excluding carboxylic acids is 2. The summed E-state index contributed by atoms with van der Waals surface area (Å²) in [5, 5.41) is 2.83. The number of amides is 2. The maximum absolute atomic E-state index is 12.1. The zero-order chi connectivity index (χ0) is 16.8. The Bertz CT molecular complexity index is 718. The minimum absolute atomic E-state index is 0.0191. The van der Waals surface area contributed by atoms with Crippen LogP contribution in [0.5, 0.6) is 0 Å². The highest BCUT2D eigenvalue weighted by Crippen LogP contribution is 2.17. The van der Waals surface area contributed by atoms with Crippen molar-refractivity contribution in [3.63, 3.8) is 0 Å².